The molecule has 186 valence electrons. The van der Waals surface area contributed by atoms with Gasteiger partial charge in [-0.25, -0.2) is 14.4 Å². The summed E-state index contributed by atoms with van der Waals surface area (Å²) in [6.45, 7) is 1.12. The average molecular weight is 518 g/mol. The summed E-state index contributed by atoms with van der Waals surface area (Å²) >= 11 is 0. The summed E-state index contributed by atoms with van der Waals surface area (Å²) in [6.07, 6.45) is 4.27. The second-order valence-electron chi connectivity index (χ2n) is 9.63. The second-order valence-corrected chi connectivity index (χ2v) is 11.9. The highest BCUT2D eigenvalue weighted by Crippen LogP contribution is 2.52. The molecule has 2 atom stereocenters. The van der Waals surface area contributed by atoms with Crippen molar-refractivity contribution >= 4 is 24.3 Å². The number of benzene rings is 3. The fourth-order valence-electron chi connectivity index (χ4n) is 5.86. The average Bonchev–Trinajstić information content (AvgIpc) is 3.55. The molecule has 2 bridgehead atoms. The van der Waals surface area contributed by atoms with E-state index in [1.807, 2.05) is 55.9 Å². The molecule has 5 aromatic rings. The zero-order valence-corrected chi connectivity index (χ0v) is 21.0. The van der Waals surface area contributed by atoms with Crippen LogP contribution in [0.4, 0.5) is 13.2 Å². The Bertz CT molecular complexity index is 1690. The van der Waals surface area contributed by atoms with Gasteiger partial charge in [-0.3, -0.25) is 0 Å². The molecular weight excluding hydrogens is 496 g/mol. The Labute approximate surface area is 212 Å². The molecule has 9 heteroatoms. The van der Waals surface area contributed by atoms with Crippen molar-refractivity contribution in [1.29, 1.82) is 0 Å². The molecule has 0 aliphatic carbocycles. The van der Waals surface area contributed by atoms with Crippen LogP contribution in [-0.2, 0) is 0 Å². The Kier molecular flexibility index (Phi) is 4.99. The van der Waals surface area contributed by atoms with Crippen LogP contribution in [0.1, 0.15) is 29.9 Å². The van der Waals surface area contributed by atoms with Crippen LogP contribution >= 0.6 is 7.92 Å². The van der Waals surface area contributed by atoms with Crippen LogP contribution in [0.2, 0.25) is 0 Å². The largest absolute Gasteiger partial charge is 0.434 e. The molecule has 0 amide bonds. The number of hydrogen-bond donors (Lipinski definition) is 0. The molecule has 2 aliphatic heterocycles. The van der Waals surface area contributed by atoms with Crippen molar-refractivity contribution in [3.05, 3.63) is 84.2 Å². The van der Waals surface area contributed by atoms with E-state index < -0.39 is 14.5 Å². The predicted octanol–water partition coefficient (Wildman–Crippen LogP) is 6.57. The predicted molar refractivity (Wildman–Crippen MR) is 139 cm³/mol. The van der Waals surface area contributed by atoms with Gasteiger partial charge in [-0.15, -0.1) is 0 Å². The molecule has 37 heavy (non-hydrogen) atoms. The van der Waals surface area contributed by atoms with Gasteiger partial charge < -0.3 is 13.9 Å². The van der Waals surface area contributed by atoms with Gasteiger partial charge in [-0.2, -0.15) is 8.78 Å². The van der Waals surface area contributed by atoms with E-state index >= 15 is 0 Å². The first-order chi connectivity index (χ1) is 17.9. The maximum Gasteiger partial charge on any atom is 0.387 e. The van der Waals surface area contributed by atoms with Crippen molar-refractivity contribution in [2.75, 3.05) is 13.3 Å². The van der Waals surface area contributed by atoms with E-state index in [1.54, 1.807) is 24.4 Å². The number of imidazole rings is 2. The first kappa shape index (κ1) is 22.5. The quantitative estimate of drug-likeness (QED) is 0.253. The molecule has 4 heterocycles. The number of ether oxygens (including phenoxy) is 1. The van der Waals surface area contributed by atoms with Gasteiger partial charge in [0.05, 0.1) is 23.1 Å². The van der Waals surface area contributed by atoms with Crippen LogP contribution in [0, 0.1) is 5.82 Å². The zero-order valence-electron chi connectivity index (χ0n) is 20.1. The summed E-state index contributed by atoms with van der Waals surface area (Å²) in [5.74, 6) is 1.50. The Hall–Kier alpha value is -3.64. The highest BCUT2D eigenvalue weighted by atomic mass is 31.1. The number of halogens is 3. The molecule has 2 unspecified atom stereocenters. The minimum Gasteiger partial charge on any atom is -0.434 e. The van der Waals surface area contributed by atoms with Gasteiger partial charge in [0.2, 0.25) is 0 Å². The van der Waals surface area contributed by atoms with Gasteiger partial charge in [0.1, 0.15) is 23.2 Å². The first-order valence-electron chi connectivity index (χ1n) is 12.0. The number of fused-ring (bicyclic) bond motifs is 6. The molecule has 0 radical (unpaired) electrons. The third kappa shape index (κ3) is 3.35. The summed E-state index contributed by atoms with van der Waals surface area (Å²) < 4.78 is 50.9. The van der Waals surface area contributed by atoms with E-state index in [-0.39, 0.29) is 23.7 Å². The highest BCUT2D eigenvalue weighted by molar-refractivity contribution is 7.64. The smallest absolute Gasteiger partial charge is 0.387 e. The third-order valence-electron chi connectivity index (χ3n) is 7.40. The van der Waals surface area contributed by atoms with Gasteiger partial charge in [-0.05, 0) is 48.7 Å². The van der Waals surface area contributed by atoms with Gasteiger partial charge in [0.25, 0.3) is 0 Å². The van der Waals surface area contributed by atoms with Crippen molar-refractivity contribution in [2.24, 2.45) is 0 Å². The molecule has 2 aliphatic rings. The molecule has 0 saturated carbocycles. The monoisotopic (exact) mass is 518 g/mol. The van der Waals surface area contributed by atoms with Crippen molar-refractivity contribution in [2.45, 2.75) is 25.1 Å². The maximum atomic E-state index is 14.8. The fraction of sp³-hybridized carbons (Fsp3) is 0.214. The van der Waals surface area contributed by atoms with Crippen LogP contribution in [0.25, 0.3) is 33.5 Å². The Morgan fingerprint density at radius 1 is 1.03 bits per heavy atom. The van der Waals surface area contributed by atoms with Crippen LogP contribution < -0.4 is 10.0 Å². The minimum atomic E-state index is -2.94. The third-order valence-corrected chi connectivity index (χ3v) is 8.72. The molecule has 5 nitrogen and oxygen atoms in total. The number of hydrogen-bond acceptors (Lipinski definition) is 3. The van der Waals surface area contributed by atoms with Gasteiger partial charge in [-0.1, -0.05) is 38.3 Å². The molecule has 2 aromatic heterocycles. The topological polar surface area (TPSA) is 44.9 Å². The van der Waals surface area contributed by atoms with Crippen molar-refractivity contribution < 1.29 is 17.9 Å². The molecule has 7 rings (SSSR count). The van der Waals surface area contributed by atoms with Crippen LogP contribution in [-0.4, -0.2) is 39.0 Å². The lowest BCUT2D eigenvalue weighted by atomic mass is 9.97. The van der Waals surface area contributed by atoms with Crippen molar-refractivity contribution in [1.82, 2.24) is 19.1 Å². The molecule has 0 spiro atoms. The number of aromatic nitrogens is 4. The zero-order chi connectivity index (χ0) is 25.4. The van der Waals surface area contributed by atoms with E-state index in [0.717, 1.165) is 38.9 Å². The van der Waals surface area contributed by atoms with E-state index in [2.05, 4.69) is 14.1 Å². The normalized spacial score (nSPS) is 17.7. The molecule has 0 saturated heterocycles. The number of nitrogens with zero attached hydrogens (tertiary/aromatic N) is 4. The summed E-state index contributed by atoms with van der Waals surface area (Å²) in [5, 5.41) is 0.745. The molecule has 3 aromatic carbocycles. The van der Waals surface area contributed by atoms with Gasteiger partial charge >= 0.3 is 6.61 Å². The highest BCUT2D eigenvalue weighted by Gasteiger charge is 2.42. The summed E-state index contributed by atoms with van der Waals surface area (Å²) in [7, 11) is -0.544. The number of alkyl halides is 2. The minimum absolute atomic E-state index is 0.102. The lowest BCUT2D eigenvalue weighted by molar-refractivity contribution is -0.0506. The van der Waals surface area contributed by atoms with Gasteiger partial charge in [0, 0.05) is 35.2 Å². The van der Waals surface area contributed by atoms with E-state index in [0.29, 0.717) is 17.8 Å². The molecule has 0 fully saturated rings. The van der Waals surface area contributed by atoms with E-state index in [4.69, 9.17) is 9.72 Å². The van der Waals surface area contributed by atoms with Crippen LogP contribution in [0.5, 0.6) is 5.75 Å². The lowest BCUT2D eigenvalue weighted by Gasteiger charge is -2.21. The van der Waals surface area contributed by atoms with Crippen LogP contribution in [0.15, 0.2) is 67.0 Å². The summed E-state index contributed by atoms with van der Waals surface area (Å²) in [4.78, 5) is 9.52. The fourth-order valence-corrected chi connectivity index (χ4v) is 6.73. The number of rotatable bonds is 4. The van der Waals surface area contributed by atoms with Crippen molar-refractivity contribution in [3.63, 3.8) is 0 Å². The maximum absolute atomic E-state index is 14.8. The molecular formula is C28H22F3N4OP. The summed E-state index contributed by atoms with van der Waals surface area (Å²) in [5.41, 5.74) is 4.78. The van der Waals surface area contributed by atoms with Crippen LogP contribution in [0.3, 0.4) is 0 Å². The Balaban J connectivity index is 1.45. The van der Waals surface area contributed by atoms with E-state index in [9.17, 15) is 13.2 Å². The first-order valence-corrected chi connectivity index (χ1v) is 14.2. The van der Waals surface area contributed by atoms with Crippen molar-refractivity contribution in [3.8, 4) is 28.3 Å². The standard InChI is InChI=1S/C28H22F3N4OP/c1-37(2)24-9-7-15(12-18(24)29)16-6-8-19-20(13-16)35-21-14-22(27(35)33-19)34-11-10-32-26(34)17-4-3-5-23(25(17)21)36-28(30)31/h3-13,21-22,28H,14H2,1-2H3. The van der Waals surface area contributed by atoms with Gasteiger partial charge in [0.15, 0.2) is 0 Å². The van der Waals surface area contributed by atoms with E-state index in [1.165, 1.54) is 0 Å². The lowest BCUT2D eigenvalue weighted by Crippen LogP contribution is -2.13. The molecule has 0 N–H and O–H groups in total. The Morgan fingerprint density at radius 3 is 2.62 bits per heavy atom. The SMILES string of the molecule is CP(C)c1ccc(-c2ccc3nc4n(c3c2)C2CC4n3ccnc3-c3cccc(OC(F)F)c32)cc1F. The Morgan fingerprint density at radius 2 is 1.84 bits per heavy atom. The second kappa shape index (κ2) is 8.18. The summed E-state index contributed by atoms with van der Waals surface area (Å²) in [6, 6.07) is 16.1.